The number of fused-ring (bicyclic) bond motifs is 2. The summed E-state index contributed by atoms with van der Waals surface area (Å²) in [5.74, 6) is 0. The van der Waals surface area contributed by atoms with Gasteiger partial charge in [-0.1, -0.05) is 24.3 Å². The van der Waals surface area contributed by atoms with Gasteiger partial charge in [0.15, 0.2) is 0 Å². The van der Waals surface area contributed by atoms with E-state index in [4.69, 9.17) is 0 Å². The van der Waals surface area contributed by atoms with Crippen LogP contribution in [0.3, 0.4) is 0 Å². The Hall–Kier alpha value is -0.650. The summed E-state index contributed by atoms with van der Waals surface area (Å²) in [7, 11) is -3.14. The van der Waals surface area contributed by atoms with Crippen LogP contribution >= 0.6 is 0 Å². The van der Waals surface area contributed by atoms with Crippen molar-refractivity contribution in [3.05, 3.63) is 24.3 Å². The van der Waals surface area contributed by atoms with Crippen LogP contribution < -0.4 is 5.32 Å². The third-order valence-electron chi connectivity index (χ3n) is 3.69. The standard InChI is InChI=1S/C11H16N2O2S/c14-16(15)11-6-2-1-5-10(11)12-8-9-4-3-7-13(9)16/h1-4,9-12H,5-8H2. The van der Waals surface area contributed by atoms with Gasteiger partial charge in [0.2, 0.25) is 10.0 Å². The molecule has 3 unspecified atom stereocenters. The van der Waals surface area contributed by atoms with E-state index in [1.54, 1.807) is 4.31 Å². The first-order valence-electron chi connectivity index (χ1n) is 5.75. The van der Waals surface area contributed by atoms with Gasteiger partial charge in [-0.25, -0.2) is 8.42 Å². The van der Waals surface area contributed by atoms with E-state index in [0.717, 1.165) is 13.0 Å². The predicted molar refractivity (Wildman–Crippen MR) is 62.5 cm³/mol. The van der Waals surface area contributed by atoms with Gasteiger partial charge >= 0.3 is 0 Å². The van der Waals surface area contributed by atoms with Gasteiger partial charge in [0.05, 0.1) is 11.3 Å². The SMILES string of the molecule is O=S1(=O)C2CC=CCC2NCC2C=CCN21. The molecule has 0 aromatic rings. The van der Waals surface area contributed by atoms with Crippen LogP contribution in [-0.2, 0) is 10.0 Å². The van der Waals surface area contributed by atoms with Crippen molar-refractivity contribution >= 4 is 10.0 Å². The van der Waals surface area contributed by atoms with Gasteiger partial charge in [0, 0.05) is 19.1 Å². The molecule has 1 aliphatic carbocycles. The van der Waals surface area contributed by atoms with Gasteiger partial charge in [-0.3, -0.25) is 0 Å². The molecule has 4 nitrogen and oxygen atoms in total. The maximum Gasteiger partial charge on any atom is 0.219 e. The predicted octanol–water partition coefficient (Wildman–Crippen LogP) is 0.247. The molecule has 1 saturated heterocycles. The monoisotopic (exact) mass is 240 g/mol. The summed E-state index contributed by atoms with van der Waals surface area (Å²) in [6.45, 7) is 1.28. The second-order valence-electron chi connectivity index (χ2n) is 4.61. The highest BCUT2D eigenvalue weighted by Crippen LogP contribution is 2.28. The third-order valence-corrected chi connectivity index (χ3v) is 6.05. The third kappa shape index (κ3) is 1.46. The van der Waals surface area contributed by atoms with Gasteiger partial charge in [0.1, 0.15) is 0 Å². The van der Waals surface area contributed by atoms with Gasteiger partial charge in [-0.15, -0.1) is 0 Å². The Morgan fingerprint density at radius 2 is 2.00 bits per heavy atom. The summed E-state index contributed by atoms with van der Waals surface area (Å²) in [5.41, 5.74) is 0. The lowest BCUT2D eigenvalue weighted by molar-refractivity contribution is 0.407. The normalized spacial score (nSPS) is 41.4. The van der Waals surface area contributed by atoms with Crippen molar-refractivity contribution in [2.75, 3.05) is 13.1 Å². The van der Waals surface area contributed by atoms with E-state index in [2.05, 4.69) is 11.4 Å². The first-order valence-corrected chi connectivity index (χ1v) is 7.25. The maximum absolute atomic E-state index is 12.5. The van der Waals surface area contributed by atoms with Crippen LogP contribution in [-0.4, -0.2) is 43.1 Å². The number of hydrogen-bond donors (Lipinski definition) is 1. The Kier molecular flexibility index (Phi) is 2.42. The fraction of sp³-hybridized carbons (Fsp3) is 0.636. The van der Waals surface area contributed by atoms with Crippen LogP contribution in [0.5, 0.6) is 0 Å². The van der Waals surface area contributed by atoms with Crippen LogP contribution in [0.25, 0.3) is 0 Å². The van der Waals surface area contributed by atoms with Crippen LogP contribution in [0.15, 0.2) is 24.3 Å². The van der Waals surface area contributed by atoms with Crippen molar-refractivity contribution in [2.45, 2.75) is 30.2 Å². The summed E-state index contributed by atoms with van der Waals surface area (Å²) >= 11 is 0. The van der Waals surface area contributed by atoms with E-state index >= 15 is 0 Å². The molecule has 0 amide bonds. The molecule has 1 fully saturated rings. The average molecular weight is 240 g/mol. The van der Waals surface area contributed by atoms with Crippen LogP contribution in [0.1, 0.15) is 12.8 Å². The summed E-state index contributed by atoms with van der Waals surface area (Å²) in [4.78, 5) is 0. The second kappa shape index (κ2) is 3.68. The quantitative estimate of drug-likeness (QED) is 0.617. The first-order chi connectivity index (χ1) is 7.69. The van der Waals surface area contributed by atoms with E-state index in [9.17, 15) is 8.42 Å². The molecule has 0 aromatic carbocycles. The zero-order valence-corrected chi connectivity index (χ0v) is 9.86. The Morgan fingerprint density at radius 3 is 2.88 bits per heavy atom. The highest BCUT2D eigenvalue weighted by atomic mass is 32.2. The molecule has 3 aliphatic rings. The second-order valence-corrected chi connectivity index (χ2v) is 6.71. The number of nitrogens with one attached hydrogen (secondary N) is 1. The van der Waals surface area contributed by atoms with Gasteiger partial charge in [-0.2, -0.15) is 4.31 Å². The number of nitrogens with zero attached hydrogens (tertiary/aromatic N) is 1. The van der Waals surface area contributed by atoms with Crippen LogP contribution in [0, 0.1) is 0 Å². The van der Waals surface area contributed by atoms with Crippen molar-refractivity contribution < 1.29 is 8.42 Å². The Bertz CT molecular complexity index is 441. The van der Waals surface area contributed by atoms with Crippen molar-refractivity contribution in [3.63, 3.8) is 0 Å². The minimum Gasteiger partial charge on any atom is -0.310 e. The minimum atomic E-state index is -3.14. The van der Waals surface area contributed by atoms with Crippen LogP contribution in [0.4, 0.5) is 0 Å². The van der Waals surface area contributed by atoms with Crippen LogP contribution in [0.2, 0.25) is 0 Å². The maximum atomic E-state index is 12.5. The minimum absolute atomic E-state index is 0.0237. The summed E-state index contributed by atoms with van der Waals surface area (Å²) in [6, 6.07) is 0.115. The molecule has 0 aromatic heterocycles. The van der Waals surface area contributed by atoms with Crippen molar-refractivity contribution in [1.29, 1.82) is 0 Å². The van der Waals surface area contributed by atoms with Gasteiger partial charge < -0.3 is 5.32 Å². The fourth-order valence-electron chi connectivity index (χ4n) is 2.79. The lowest BCUT2D eigenvalue weighted by atomic mass is 10.0. The molecule has 88 valence electrons. The molecule has 0 spiro atoms. The summed E-state index contributed by atoms with van der Waals surface area (Å²) in [5, 5.41) is 3.11. The van der Waals surface area contributed by atoms with E-state index in [1.165, 1.54) is 0 Å². The molecule has 3 atom stereocenters. The van der Waals surface area contributed by atoms with E-state index in [1.807, 2.05) is 18.2 Å². The zero-order valence-electron chi connectivity index (χ0n) is 9.04. The fourth-order valence-corrected chi connectivity index (χ4v) is 4.94. The summed E-state index contributed by atoms with van der Waals surface area (Å²) in [6.07, 6.45) is 9.48. The van der Waals surface area contributed by atoms with E-state index < -0.39 is 10.0 Å². The molecule has 2 aliphatic heterocycles. The molecular formula is C11H16N2O2S. The molecule has 0 bridgehead atoms. The Morgan fingerprint density at radius 1 is 1.19 bits per heavy atom. The molecule has 16 heavy (non-hydrogen) atoms. The lowest BCUT2D eigenvalue weighted by Gasteiger charge is -2.28. The number of allylic oxidation sites excluding steroid dienone is 1. The van der Waals surface area contributed by atoms with Gasteiger partial charge in [-0.05, 0) is 12.8 Å². The lowest BCUT2D eigenvalue weighted by Crippen LogP contribution is -2.45. The molecule has 1 N–H and O–H groups in total. The average Bonchev–Trinajstić information content (AvgIpc) is 2.72. The summed E-state index contributed by atoms with van der Waals surface area (Å²) < 4.78 is 26.6. The van der Waals surface area contributed by atoms with E-state index in [-0.39, 0.29) is 17.3 Å². The molecule has 0 radical (unpaired) electrons. The molecule has 2 heterocycles. The highest BCUT2D eigenvalue weighted by molar-refractivity contribution is 7.89. The Labute approximate surface area is 96.1 Å². The number of hydrogen-bond acceptors (Lipinski definition) is 3. The largest absolute Gasteiger partial charge is 0.310 e. The number of sulfonamides is 1. The molecule has 0 saturated carbocycles. The zero-order chi connectivity index (χ0) is 11.2. The smallest absolute Gasteiger partial charge is 0.219 e. The van der Waals surface area contributed by atoms with Crippen molar-refractivity contribution in [1.82, 2.24) is 9.62 Å². The van der Waals surface area contributed by atoms with E-state index in [0.29, 0.717) is 13.0 Å². The molecule has 3 rings (SSSR count). The van der Waals surface area contributed by atoms with Crippen molar-refractivity contribution in [3.8, 4) is 0 Å². The van der Waals surface area contributed by atoms with Crippen molar-refractivity contribution in [2.24, 2.45) is 0 Å². The highest BCUT2D eigenvalue weighted by Gasteiger charge is 2.43. The first kappa shape index (κ1) is 10.5. The topological polar surface area (TPSA) is 49.4 Å². The number of rotatable bonds is 0. The Balaban J connectivity index is 1.99. The molecular weight excluding hydrogens is 224 g/mol. The molecule has 5 heteroatoms. The van der Waals surface area contributed by atoms with Gasteiger partial charge in [0.25, 0.3) is 0 Å².